The van der Waals surface area contributed by atoms with Crippen molar-refractivity contribution in [3.05, 3.63) is 29.3 Å². The predicted molar refractivity (Wildman–Crippen MR) is 41.0 cm³/mol. The number of halogens is 2. The van der Waals surface area contributed by atoms with E-state index < -0.39 is 32.5 Å². The number of sulfonamides is 1. The van der Waals surface area contributed by atoms with E-state index >= 15 is 0 Å². The minimum Gasteiger partial charge on any atom is -0.268 e. The van der Waals surface area contributed by atoms with Gasteiger partial charge in [0.25, 0.3) is 15.9 Å². The summed E-state index contributed by atoms with van der Waals surface area (Å²) in [4.78, 5) is 10.1. The normalized spacial score (nSPS) is 17.7. The maximum absolute atomic E-state index is 13.0. The molecule has 4 nitrogen and oxygen atoms in total. The fraction of sp³-hybridized carbons (Fsp3) is 0. The Hall–Kier alpha value is -1.50. The predicted octanol–water partition coefficient (Wildman–Crippen LogP) is 0.397. The number of carbonyl (C=O) groups is 1. The van der Waals surface area contributed by atoms with Gasteiger partial charge >= 0.3 is 0 Å². The zero-order valence-electron chi connectivity index (χ0n) is 6.54. The standard InChI is InChI=1S/C7H3F2NO3S/c8-4-2-1-3-6(5(4)9)14(12,13)10-7(3)11/h1-2H,(H,10,11). The molecule has 0 saturated carbocycles. The Balaban J connectivity index is 2.91. The van der Waals surface area contributed by atoms with Crippen LogP contribution >= 0.6 is 0 Å². The molecule has 2 rings (SSSR count). The molecule has 74 valence electrons. The monoisotopic (exact) mass is 219 g/mol. The molecule has 0 unspecified atom stereocenters. The first-order chi connectivity index (χ1) is 6.43. The lowest BCUT2D eigenvalue weighted by molar-refractivity contribution is 0.0984. The Morgan fingerprint density at radius 3 is 2.50 bits per heavy atom. The van der Waals surface area contributed by atoms with Gasteiger partial charge < -0.3 is 0 Å². The Kier molecular flexibility index (Phi) is 1.62. The molecule has 14 heavy (non-hydrogen) atoms. The van der Waals surface area contributed by atoms with Crippen molar-refractivity contribution in [2.24, 2.45) is 0 Å². The molecular weight excluding hydrogens is 216 g/mol. The van der Waals surface area contributed by atoms with E-state index in [-0.39, 0.29) is 5.56 Å². The number of carbonyl (C=O) groups excluding carboxylic acids is 1. The number of amides is 1. The molecule has 0 saturated heterocycles. The van der Waals surface area contributed by atoms with Crippen LogP contribution < -0.4 is 4.72 Å². The largest absolute Gasteiger partial charge is 0.268 e. The van der Waals surface area contributed by atoms with Crippen molar-refractivity contribution in [2.45, 2.75) is 4.90 Å². The lowest BCUT2D eigenvalue weighted by Crippen LogP contribution is -2.21. The molecule has 0 radical (unpaired) electrons. The maximum atomic E-state index is 13.0. The van der Waals surface area contributed by atoms with E-state index in [9.17, 15) is 22.0 Å². The summed E-state index contributed by atoms with van der Waals surface area (Å²) in [7, 11) is -4.22. The summed E-state index contributed by atoms with van der Waals surface area (Å²) < 4.78 is 49.4. The van der Waals surface area contributed by atoms with Crippen molar-refractivity contribution in [3.63, 3.8) is 0 Å². The zero-order valence-corrected chi connectivity index (χ0v) is 7.36. The first kappa shape index (κ1) is 9.07. The Morgan fingerprint density at radius 1 is 1.21 bits per heavy atom. The van der Waals surface area contributed by atoms with Gasteiger partial charge in [-0.05, 0) is 12.1 Å². The molecule has 0 atom stereocenters. The minimum atomic E-state index is -4.22. The van der Waals surface area contributed by atoms with Gasteiger partial charge in [0.1, 0.15) is 4.90 Å². The molecule has 0 spiro atoms. The third kappa shape index (κ3) is 1.02. The third-order valence-corrected chi connectivity index (χ3v) is 3.18. The lowest BCUT2D eigenvalue weighted by atomic mass is 10.2. The van der Waals surface area contributed by atoms with E-state index in [1.54, 1.807) is 4.72 Å². The van der Waals surface area contributed by atoms with E-state index in [1.807, 2.05) is 0 Å². The topological polar surface area (TPSA) is 63.2 Å². The summed E-state index contributed by atoms with van der Waals surface area (Å²) >= 11 is 0. The van der Waals surface area contributed by atoms with Gasteiger partial charge in [-0.2, -0.15) is 0 Å². The van der Waals surface area contributed by atoms with Crippen LogP contribution in [0.15, 0.2) is 17.0 Å². The molecule has 1 aromatic rings. The first-order valence-corrected chi connectivity index (χ1v) is 4.97. The molecule has 1 heterocycles. The van der Waals surface area contributed by atoms with Crippen LogP contribution in [0.4, 0.5) is 8.78 Å². The quantitative estimate of drug-likeness (QED) is 0.686. The molecule has 1 N–H and O–H groups in total. The zero-order chi connectivity index (χ0) is 10.5. The van der Waals surface area contributed by atoms with Crippen LogP contribution in [-0.2, 0) is 10.0 Å². The van der Waals surface area contributed by atoms with E-state index in [0.29, 0.717) is 6.07 Å². The van der Waals surface area contributed by atoms with Gasteiger partial charge in [-0.25, -0.2) is 21.9 Å². The SMILES string of the molecule is O=C1NS(=O)(=O)c2c1ccc(F)c2F. The Morgan fingerprint density at radius 2 is 1.86 bits per heavy atom. The molecule has 0 aromatic heterocycles. The second kappa shape index (κ2) is 2.50. The van der Waals surface area contributed by atoms with Crippen LogP contribution in [0.25, 0.3) is 0 Å². The minimum absolute atomic E-state index is 0.371. The lowest BCUT2D eigenvalue weighted by Gasteiger charge is -1.97. The highest BCUT2D eigenvalue weighted by Gasteiger charge is 2.36. The average Bonchev–Trinajstić information content (AvgIpc) is 2.29. The van der Waals surface area contributed by atoms with Crippen LogP contribution in [0.3, 0.4) is 0 Å². The fourth-order valence-electron chi connectivity index (χ4n) is 1.20. The van der Waals surface area contributed by atoms with E-state index in [1.165, 1.54) is 0 Å². The average molecular weight is 219 g/mol. The molecular formula is C7H3F2NO3S. The van der Waals surface area contributed by atoms with Crippen molar-refractivity contribution in [1.29, 1.82) is 0 Å². The maximum Gasteiger partial charge on any atom is 0.268 e. The van der Waals surface area contributed by atoms with Crippen molar-refractivity contribution >= 4 is 15.9 Å². The summed E-state index contributed by atoms with van der Waals surface area (Å²) in [6.45, 7) is 0. The molecule has 1 amide bonds. The first-order valence-electron chi connectivity index (χ1n) is 3.48. The van der Waals surface area contributed by atoms with E-state index in [0.717, 1.165) is 6.07 Å². The van der Waals surface area contributed by atoms with Gasteiger partial charge in [0.05, 0.1) is 5.56 Å². The van der Waals surface area contributed by atoms with E-state index in [2.05, 4.69) is 0 Å². The summed E-state index contributed by atoms with van der Waals surface area (Å²) in [5, 5.41) is 0. The van der Waals surface area contributed by atoms with Crippen molar-refractivity contribution in [2.75, 3.05) is 0 Å². The van der Waals surface area contributed by atoms with Gasteiger partial charge in [-0.15, -0.1) is 0 Å². The highest BCUT2D eigenvalue weighted by Crippen LogP contribution is 2.26. The number of nitrogens with one attached hydrogen (secondary N) is 1. The summed E-state index contributed by atoms with van der Waals surface area (Å²) in [6.07, 6.45) is 0. The van der Waals surface area contributed by atoms with Gasteiger partial charge in [-0.3, -0.25) is 4.79 Å². The van der Waals surface area contributed by atoms with Gasteiger partial charge in [0.15, 0.2) is 11.6 Å². The summed E-state index contributed by atoms with van der Waals surface area (Å²) in [5.74, 6) is -3.77. The van der Waals surface area contributed by atoms with Crippen LogP contribution in [0.1, 0.15) is 10.4 Å². The smallest absolute Gasteiger partial charge is 0.268 e. The number of hydrogen-bond donors (Lipinski definition) is 1. The van der Waals surface area contributed by atoms with Crippen molar-refractivity contribution in [1.82, 2.24) is 4.72 Å². The summed E-state index contributed by atoms with van der Waals surface area (Å²) in [5.41, 5.74) is -0.371. The second-order valence-corrected chi connectivity index (χ2v) is 4.29. The highest BCUT2D eigenvalue weighted by molar-refractivity contribution is 7.90. The van der Waals surface area contributed by atoms with Crippen LogP contribution in [0.2, 0.25) is 0 Å². The van der Waals surface area contributed by atoms with Crippen molar-refractivity contribution < 1.29 is 22.0 Å². The molecule has 1 aromatic carbocycles. The van der Waals surface area contributed by atoms with Crippen LogP contribution in [0.5, 0.6) is 0 Å². The number of hydrogen-bond acceptors (Lipinski definition) is 3. The Labute approximate surface area is 77.6 Å². The fourth-order valence-corrected chi connectivity index (χ4v) is 2.44. The van der Waals surface area contributed by atoms with Gasteiger partial charge in [0, 0.05) is 0 Å². The molecule has 0 bridgehead atoms. The second-order valence-electron chi connectivity index (χ2n) is 2.67. The number of fused-ring (bicyclic) bond motifs is 1. The molecule has 0 aliphatic carbocycles. The summed E-state index contributed by atoms with van der Waals surface area (Å²) in [6, 6.07) is 1.63. The van der Waals surface area contributed by atoms with Crippen LogP contribution in [0, 0.1) is 11.6 Å². The third-order valence-electron chi connectivity index (χ3n) is 1.79. The number of rotatable bonds is 0. The van der Waals surface area contributed by atoms with Crippen molar-refractivity contribution in [3.8, 4) is 0 Å². The van der Waals surface area contributed by atoms with Gasteiger partial charge in [0.2, 0.25) is 0 Å². The molecule has 1 aliphatic heterocycles. The Bertz CT molecular complexity index is 538. The van der Waals surface area contributed by atoms with E-state index in [4.69, 9.17) is 0 Å². The van der Waals surface area contributed by atoms with Crippen LogP contribution in [-0.4, -0.2) is 14.3 Å². The number of benzene rings is 1. The molecule has 7 heteroatoms. The molecule has 0 fully saturated rings. The highest BCUT2D eigenvalue weighted by atomic mass is 32.2. The molecule has 1 aliphatic rings. The van der Waals surface area contributed by atoms with Gasteiger partial charge in [-0.1, -0.05) is 0 Å².